The Labute approximate surface area is 122 Å². The molecule has 3 rings (SSSR count). The van der Waals surface area contributed by atoms with Gasteiger partial charge in [0.15, 0.2) is 0 Å². The number of aliphatic hydroxyl groups excluding tert-OH is 1. The Kier molecular flexibility index (Phi) is 3.23. The highest BCUT2D eigenvalue weighted by Gasteiger charge is 2.39. The molecule has 0 spiro atoms. The van der Waals surface area contributed by atoms with E-state index >= 15 is 0 Å². The minimum atomic E-state index is -0.00521. The van der Waals surface area contributed by atoms with E-state index in [1.54, 1.807) is 0 Å². The van der Waals surface area contributed by atoms with E-state index in [1.807, 2.05) is 0 Å². The molecule has 0 saturated heterocycles. The molecule has 2 heteroatoms. The number of hydrogen-bond donors (Lipinski definition) is 1. The van der Waals surface area contributed by atoms with E-state index in [9.17, 15) is 5.11 Å². The fourth-order valence-corrected chi connectivity index (χ4v) is 4.14. The lowest BCUT2D eigenvalue weighted by Gasteiger charge is -2.28. The molecule has 0 heterocycles. The third-order valence-electron chi connectivity index (χ3n) is 4.21. The van der Waals surface area contributed by atoms with Crippen LogP contribution in [0, 0.1) is 0 Å². The average Bonchev–Trinajstić information content (AvgIpc) is 2.69. The lowest BCUT2D eigenvalue weighted by molar-refractivity contribution is 0.273. The molecule has 1 atom stereocenters. The van der Waals surface area contributed by atoms with Crippen LogP contribution in [-0.2, 0) is 5.41 Å². The molecule has 0 bridgehead atoms. The molecule has 19 heavy (non-hydrogen) atoms. The van der Waals surface area contributed by atoms with Crippen molar-refractivity contribution in [1.29, 1.82) is 0 Å². The van der Waals surface area contributed by atoms with Crippen LogP contribution in [0.1, 0.15) is 30.9 Å². The van der Waals surface area contributed by atoms with E-state index in [0.717, 1.165) is 12.8 Å². The number of halogens is 1. The van der Waals surface area contributed by atoms with Crippen molar-refractivity contribution in [1.82, 2.24) is 0 Å². The zero-order valence-corrected chi connectivity index (χ0v) is 12.6. The summed E-state index contributed by atoms with van der Waals surface area (Å²) in [6, 6.07) is 15.0. The SMILES string of the molecule is CC1(CCCO)c2ccccc2-c2cccc(Br)c21. The fourth-order valence-electron chi connectivity index (χ4n) is 3.34. The molecule has 1 N–H and O–H groups in total. The van der Waals surface area contributed by atoms with Gasteiger partial charge in [-0.2, -0.15) is 0 Å². The number of aliphatic hydroxyl groups is 1. The summed E-state index contributed by atoms with van der Waals surface area (Å²) in [6.07, 6.45) is 1.79. The van der Waals surface area contributed by atoms with Crippen LogP contribution in [-0.4, -0.2) is 11.7 Å². The zero-order valence-electron chi connectivity index (χ0n) is 11.0. The molecule has 2 aromatic rings. The quantitative estimate of drug-likeness (QED) is 0.883. The molecule has 98 valence electrons. The van der Waals surface area contributed by atoms with Gasteiger partial charge in [0.1, 0.15) is 0 Å². The number of fused-ring (bicyclic) bond motifs is 3. The first kappa shape index (κ1) is 12.9. The number of hydrogen-bond acceptors (Lipinski definition) is 1. The monoisotopic (exact) mass is 316 g/mol. The highest BCUT2D eigenvalue weighted by atomic mass is 79.9. The van der Waals surface area contributed by atoms with Crippen LogP contribution in [0.25, 0.3) is 11.1 Å². The van der Waals surface area contributed by atoms with Gasteiger partial charge in [0.05, 0.1) is 0 Å². The summed E-state index contributed by atoms with van der Waals surface area (Å²) in [5, 5.41) is 9.19. The normalized spacial score (nSPS) is 20.2. The van der Waals surface area contributed by atoms with E-state index < -0.39 is 0 Å². The number of rotatable bonds is 3. The van der Waals surface area contributed by atoms with E-state index in [0.29, 0.717) is 0 Å². The molecule has 1 aliphatic carbocycles. The molecule has 2 aromatic carbocycles. The summed E-state index contributed by atoms with van der Waals surface area (Å²) in [7, 11) is 0. The first-order chi connectivity index (χ1) is 9.18. The van der Waals surface area contributed by atoms with Crippen LogP contribution in [0.3, 0.4) is 0 Å². The highest BCUT2D eigenvalue weighted by molar-refractivity contribution is 9.10. The molecule has 0 saturated carbocycles. The maximum Gasteiger partial charge on any atom is 0.0431 e. The zero-order chi connectivity index (χ0) is 13.5. The van der Waals surface area contributed by atoms with Gasteiger partial charge in [0.25, 0.3) is 0 Å². The van der Waals surface area contributed by atoms with Crippen molar-refractivity contribution in [3.05, 3.63) is 58.1 Å². The van der Waals surface area contributed by atoms with Crippen molar-refractivity contribution in [2.45, 2.75) is 25.2 Å². The lowest BCUT2D eigenvalue weighted by atomic mass is 9.76. The highest BCUT2D eigenvalue weighted by Crippen LogP contribution is 2.53. The van der Waals surface area contributed by atoms with Crippen LogP contribution < -0.4 is 0 Å². The summed E-state index contributed by atoms with van der Waals surface area (Å²) >= 11 is 3.71. The predicted molar refractivity (Wildman–Crippen MR) is 82.4 cm³/mol. The van der Waals surface area contributed by atoms with Crippen molar-refractivity contribution in [3.63, 3.8) is 0 Å². The molecule has 1 nitrogen and oxygen atoms in total. The second-order valence-corrected chi connectivity index (χ2v) is 6.22. The molecule has 0 radical (unpaired) electrons. The van der Waals surface area contributed by atoms with Crippen molar-refractivity contribution >= 4 is 15.9 Å². The van der Waals surface area contributed by atoms with Gasteiger partial charge < -0.3 is 5.11 Å². The van der Waals surface area contributed by atoms with Gasteiger partial charge in [0.2, 0.25) is 0 Å². The van der Waals surface area contributed by atoms with Gasteiger partial charge in [-0.15, -0.1) is 0 Å². The van der Waals surface area contributed by atoms with E-state index in [2.05, 4.69) is 65.3 Å². The Balaban J connectivity index is 2.26. The van der Waals surface area contributed by atoms with Crippen molar-refractivity contribution in [3.8, 4) is 11.1 Å². The minimum absolute atomic E-state index is 0.00521. The van der Waals surface area contributed by atoms with Crippen molar-refractivity contribution < 1.29 is 5.11 Å². The standard InChI is InChI=1S/C17H17BrO/c1-17(10-5-11-19)14-8-3-2-6-12(14)13-7-4-9-15(18)16(13)17/h2-4,6-9,19H,5,10-11H2,1H3. The fraction of sp³-hybridized carbons (Fsp3) is 0.294. The summed E-state index contributed by atoms with van der Waals surface area (Å²) in [6.45, 7) is 2.54. The van der Waals surface area contributed by atoms with Gasteiger partial charge in [-0.1, -0.05) is 59.3 Å². The summed E-state index contributed by atoms with van der Waals surface area (Å²) < 4.78 is 1.17. The molecular weight excluding hydrogens is 300 g/mol. The van der Waals surface area contributed by atoms with Crippen LogP contribution in [0.15, 0.2) is 46.9 Å². The van der Waals surface area contributed by atoms with Gasteiger partial charge in [0, 0.05) is 16.5 Å². The van der Waals surface area contributed by atoms with Gasteiger partial charge >= 0.3 is 0 Å². The predicted octanol–water partition coefficient (Wildman–Crippen LogP) is 4.51. The maximum atomic E-state index is 9.19. The molecule has 1 unspecified atom stereocenters. The summed E-state index contributed by atoms with van der Waals surface area (Å²) in [5.74, 6) is 0. The molecular formula is C17H17BrO. The molecule has 0 amide bonds. The van der Waals surface area contributed by atoms with Crippen LogP contribution in [0.5, 0.6) is 0 Å². The Bertz CT molecular complexity index is 620. The molecule has 0 fully saturated rings. The first-order valence-electron chi connectivity index (χ1n) is 6.68. The van der Waals surface area contributed by atoms with Gasteiger partial charge in [-0.25, -0.2) is 0 Å². The van der Waals surface area contributed by atoms with Gasteiger partial charge in [-0.3, -0.25) is 0 Å². The van der Waals surface area contributed by atoms with Crippen LogP contribution in [0.2, 0.25) is 0 Å². The minimum Gasteiger partial charge on any atom is -0.396 e. The largest absolute Gasteiger partial charge is 0.396 e. The van der Waals surface area contributed by atoms with Crippen molar-refractivity contribution in [2.24, 2.45) is 0 Å². The molecule has 0 aliphatic heterocycles. The topological polar surface area (TPSA) is 20.2 Å². The molecule has 1 aliphatic rings. The Morgan fingerprint density at radius 1 is 1.05 bits per heavy atom. The Morgan fingerprint density at radius 3 is 2.58 bits per heavy atom. The van der Waals surface area contributed by atoms with Crippen LogP contribution >= 0.6 is 15.9 Å². The van der Waals surface area contributed by atoms with E-state index in [4.69, 9.17) is 0 Å². The average molecular weight is 317 g/mol. The van der Waals surface area contributed by atoms with Gasteiger partial charge in [-0.05, 0) is 41.2 Å². The second-order valence-electron chi connectivity index (χ2n) is 5.37. The number of benzene rings is 2. The third kappa shape index (κ3) is 1.86. The van der Waals surface area contributed by atoms with Crippen LogP contribution in [0.4, 0.5) is 0 Å². The third-order valence-corrected chi connectivity index (χ3v) is 4.87. The maximum absolute atomic E-state index is 9.19. The summed E-state index contributed by atoms with van der Waals surface area (Å²) in [5.41, 5.74) is 5.40. The second kappa shape index (κ2) is 4.77. The lowest BCUT2D eigenvalue weighted by Crippen LogP contribution is -2.21. The first-order valence-corrected chi connectivity index (χ1v) is 7.47. The van der Waals surface area contributed by atoms with Crippen molar-refractivity contribution in [2.75, 3.05) is 6.61 Å². The van der Waals surface area contributed by atoms with E-state index in [1.165, 1.54) is 26.7 Å². The smallest absolute Gasteiger partial charge is 0.0431 e. The Morgan fingerprint density at radius 2 is 1.79 bits per heavy atom. The Hall–Kier alpha value is -1.12. The van der Waals surface area contributed by atoms with E-state index in [-0.39, 0.29) is 12.0 Å². The molecule has 0 aromatic heterocycles. The summed E-state index contributed by atoms with van der Waals surface area (Å²) in [4.78, 5) is 0.